The Balaban J connectivity index is 1.82. The maximum absolute atomic E-state index is 12.2. The van der Waals surface area contributed by atoms with E-state index in [1.807, 2.05) is 6.92 Å². The average Bonchev–Trinajstić information content (AvgIpc) is 2.72. The van der Waals surface area contributed by atoms with E-state index in [9.17, 15) is 18.0 Å². The van der Waals surface area contributed by atoms with Gasteiger partial charge >= 0.3 is 5.97 Å². The molecule has 0 aliphatic heterocycles. The fourth-order valence-corrected chi connectivity index (χ4v) is 3.36. The van der Waals surface area contributed by atoms with Crippen LogP contribution in [0.4, 0.5) is 5.69 Å². The number of carbonyl (C=O) groups excluding carboxylic acids is 2. The number of benzene rings is 2. The molecule has 0 aliphatic rings. The summed E-state index contributed by atoms with van der Waals surface area (Å²) in [6.07, 6.45) is 0.692. The second-order valence-electron chi connectivity index (χ2n) is 6.08. The second-order valence-corrected chi connectivity index (χ2v) is 7.85. The van der Waals surface area contributed by atoms with Gasteiger partial charge in [0.15, 0.2) is 0 Å². The zero-order valence-electron chi connectivity index (χ0n) is 16.3. The molecule has 2 rings (SSSR count). The normalized spacial score (nSPS) is 11.0. The second kappa shape index (κ2) is 10.6. The summed E-state index contributed by atoms with van der Waals surface area (Å²) in [5.41, 5.74) is 0.892. The van der Waals surface area contributed by atoms with Gasteiger partial charge in [0.1, 0.15) is 5.75 Å². The monoisotopic (exact) mass is 420 g/mol. The number of hydrogen-bond acceptors (Lipinski definition) is 6. The van der Waals surface area contributed by atoms with Gasteiger partial charge in [-0.3, -0.25) is 4.79 Å². The van der Waals surface area contributed by atoms with E-state index < -0.39 is 16.0 Å². The number of esters is 1. The highest BCUT2D eigenvalue weighted by molar-refractivity contribution is 7.89. The van der Waals surface area contributed by atoms with Crippen molar-refractivity contribution in [2.75, 3.05) is 25.6 Å². The molecule has 9 heteroatoms. The molecule has 2 N–H and O–H groups in total. The van der Waals surface area contributed by atoms with Crippen LogP contribution in [0.2, 0.25) is 0 Å². The topological polar surface area (TPSA) is 111 Å². The summed E-state index contributed by atoms with van der Waals surface area (Å²) in [5, 5.41) is 2.65. The van der Waals surface area contributed by atoms with Gasteiger partial charge in [0.25, 0.3) is 0 Å². The maximum Gasteiger partial charge on any atom is 0.338 e. The summed E-state index contributed by atoms with van der Waals surface area (Å²) in [6.45, 7) is 2.20. The Morgan fingerprint density at radius 2 is 1.66 bits per heavy atom. The molecule has 2 aromatic rings. The van der Waals surface area contributed by atoms with Crippen LogP contribution in [0.25, 0.3) is 0 Å². The van der Waals surface area contributed by atoms with Crippen molar-refractivity contribution in [3.63, 3.8) is 0 Å². The van der Waals surface area contributed by atoms with E-state index in [-0.39, 0.29) is 23.8 Å². The molecule has 0 aliphatic carbocycles. The number of anilines is 1. The van der Waals surface area contributed by atoms with Crippen LogP contribution in [0.15, 0.2) is 53.4 Å². The highest BCUT2D eigenvalue weighted by atomic mass is 32.2. The minimum absolute atomic E-state index is 0.0460. The molecule has 0 saturated heterocycles. The molecule has 156 valence electrons. The van der Waals surface area contributed by atoms with Crippen LogP contribution in [0, 0.1) is 0 Å². The smallest absolute Gasteiger partial charge is 0.338 e. The summed E-state index contributed by atoms with van der Waals surface area (Å²) < 4.78 is 36.9. The molecule has 0 radical (unpaired) electrons. The van der Waals surface area contributed by atoms with Crippen molar-refractivity contribution in [3.05, 3.63) is 54.1 Å². The van der Waals surface area contributed by atoms with Gasteiger partial charge in [0, 0.05) is 18.7 Å². The Bertz CT molecular complexity index is 924. The lowest BCUT2D eigenvalue weighted by Gasteiger charge is -2.09. The van der Waals surface area contributed by atoms with Crippen LogP contribution < -0.4 is 14.8 Å². The summed E-state index contributed by atoms with van der Waals surface area (Å²) in [4.78, 5) is 23.9. The molecule has 0 heterocycles. The summed E-state index contributed by atoms with van der Waals surface area (Å²) >= 11 is 0. The number of carbonyl (C=O) groups is 2. The van der Waals surface area contributed by atoms with Crippen LogP contribution in [-0.4, -0.2) is 40.6 Å². The molecular weight excluding hydrogens is 396 g/mol. The van der Waals surface area contributed by atoms with E-state index in [2.05, 4.69) is 10.0 Å². The summed E-state index contributed by atoms with van der Waals surface area (Å²) in [5.74, 6) is -0.227. The predicted octanol–water partition coefficient (Wildman–Crippen LogP) is 2.57. The quantitative estimate of drug-likeness (QED) is 0.572. The van der Waals surface area contributed by atoms with E-state index in [1.165, 1.54) is 19.2 Å². The number of sulfonamides is 1. The zero-order valence-corrected chi connectivity index (χ0v) is 17.1. The third-order valence-corrected chi connectivity index (χ3v) is 5.33. The van der Waals surface area contributed by atoms with Gasteiger partial charge in [-0.1, -0.05) is 6.92 Å². The van der Waals surface area contributed by atoms with Gasteiger partial charge in [-0.15, -0.1) is 0 Å². The molecule has 0 unspecified atom stereocenters. The van der Waals surface area contributed by atoms with Crippen LogP contribution >= 0.6 is 0 Å². The molecule has 0 aromatic heterocycles. The summed E-state index contributed by atoms with van der Waals surface area (Å²) in [7, 11) is -2.22. The minimum Gasteiger partial charge on any atom is -0.497 e. The molecule has 2 aromatic carbocycles. The first-order chi connectivity index (χ1) is 13.9. The Kier molecular flexibility index (Phi) is 8.17. The zero-order chi connectivity index (χ0) is 21.3. The highest BCUT2D eigenvalue weighted by Crippen LogP contribution is 2.15. The van der Waals surface area contributed by atoms with Crippen molar-refractivity contribution < 1.29 is 27.5 Å². The van der Waals surface area contributed by atoms with Crippen LogP contribution in [0.5, 0.6) is 5.75 Å². The van der Waals surface area contributed by atoms with Gasteiger partial charge in [0.2, 0.25) is 15.9 Å². The Morgan fingerprint density at radius 1 is 1.00 bits per heavy atom. The molecular formula is C20H24N2O6S. The molecule has 0 spiro atoms. The van der Waals surface area contributed by atoms with Crippen molar-refractivity contribution >= 4 is 27.6 Å². The molecule has 0 atom stereocenters. The number of rotatable bonds is 10. The van der Waals surface area contributed by atoms with E-state index in [1.54, 1.807) is 36.4 Å². The average molecular weight is 420 g/mol. The molecule has 8 nitrogen and oxygen atoms in total. The van der Waals surface area contributed by atoms with E-state index in [0.717, 1.165) is 6.42 Å². The van der Waals surface area contributed by atoms with Gasteiger partial charge in [0.05, 0.1) is 24.2 Å². The van der Waals surface area contributed by atoms with Crippen molar-refractivity contribution in [1.29, 1.82) is 0 Å². The van der Waals surface area contributed by atoms with E-state index >= 15 is 0 Å². The largest absolute Gasteiger partial charge is 0.497 e. The lowest BCUT2D eigenvalue weighted by atomic mass is 10.2. The predicted molar refractivity (Wildman–Crippen MR) is 108 cm³/mol. The van der Waals surface area contributed by atoms with Gasteiger partial charge < -0.3 is 14.8 Å². The number of methoxy groups -OCH3 is 1. The fraction of sp³-hybridized carbons (Fsp3) is 0.300. The van der Waals surface area contributed by atoms with Gasteiger partial charge in [-0.05, 0) is 55.0 Å². The molecule has 0 saturated carbocycles. The minimum atomic E-state index is -3.71. The maximum atomic E-state index is 12.2. The Hall–Kier alpha value is -2.91. The number of hydrogen-bond donors (Lipinski definition) is 2. The van der Waals surface area contributed by atoms with Crippen LogP contribution in [0.1, 0.15) is 30.1 Å². The lowest BCUT2D eigenvalue weighted by molar-refractivity contribution is -0.116. The van der Waals surface area contributed by atoms with Gasteiger partial charge in [-0.2, -0.15) is 0 Å². The van der Waals surface area contributed by atoms with Crippen LogP contribution in [0.3, 0.4) is 0 Å². The standard InChI is InChI=1S/C20H24N2O6S/c1-3-14-28-20(24)15-4-6-16(7-5-15)22-19(23)12-13-21-29(25,26)18-10-8-17(27-2)9-11-18/h4-11,21H,3,12-14H2,1-2H3,(H,22,23). The third-order valence-electron chi connectivity index (χ3n) is 3.86. The molecule has 1 amide bonds. The molecule has 0 bridgehead atoms. The van der Waals surface area contributed by atoms with E-state index in [0.29, 0.717) is 23.6 Å². The Morgan fingerprint density at radius 3 is 2.24 bits per heavy atom. The lowest BCUT2D eigenvalue weighted by Crippen LogP contribution is -2.27. The Labute approximate surface area is 170 Å². The third kappa shape index (κ3) is 6.88. The van der Waals surface area contributed by atoms with E-state index in [4.69, 9.17) is 9.47 Å². The first-order valence-electron chi connectivity index (χ1n) is 9.06. The number of ether oxygens (including phenoxy) is 2. The fourth-order valence-electron chi connectivity index (χ4n) is 2.33. The van der Waals surface area contributed by atoms with Crippen molar-refractivity contribution in [2.45, 2.75) is 24.7 Å². The van der Waals surface area contributed by atoms with Gasteiger partial charge in [-0.25, -0.2) is 17.9 Å². The SMILES string of the molecule is CCCOC(=O)c1ccc(NC(=O)CCNS(=O)(=O)c2ccc(OC)cc2)cc1. The molecule has 0 fully saturated rings. The first-order valence-corrected chi connectivity index (χ1v) is 10.5. The summed E-state index contributed by atoms with van der Waals surface area (Å²) in [6, 6.07) is 12.2. The highest BCUT2D eigenvalue weighted by Gasteiger charge is 2.14. The van der Waals surface area contributed by atoms with Crippen molar-refractivity contribution in [2.24, 2.45) is 0 Å². The van der Waals surface area contributed by atoms with Crippen molar-refractivity contribution in [1.82, 2.24) is 4.72 Å². The first kappa shape index (κ1) is 22.4. The van der Waals surface area contributed by atoms with Crippen molar-refractivity contribution in [3.8, 4) is 5.75 Å². The van der Waals surface area contributed by atoms with Crippen LogP contribution in [-0.2, 0) is 19.6 Å². The number of amides is 1. The number of nitrogens with one attached hydrogen (secondary N) is 2. The molecule has 29 heavy (non-hydrogen) atoms.